The number of carbonyl (C=O) groups is 1. The molecule has 0 radical (unpaired) electrons. The Bertz CT molecular complexity index is 623. The molecule has 0 spiro atoms. The van der Waals surface area contributed by atoms with Gasteiger partial charge in [-0.1, -0.05) is 18.2 Å². The summed E-state index contributed by atoms with van der Waals surface area (Å²) in [5.74, 6) is 0. The molecule has 1 saturated heterocycles. The number of para-hydroxylation sites is 1. The number of nitrogens with zero attached hydrogens (tertiary/aromatic N) is 1. The number of urea groups is 1. The van der Waals surface area contributed by atoms with Crippen LogP contribution in [0.25, 0.3) is 0 Å². The monoisotopic (exact) mass is 315 g/mol. The summed E-state index contributed by atoms with van der Waals surface area (Å²) in [5, 5.41) is 10.2. The average molecular weight is 315 g/mol. The Kier molecular flexibility index (Phi) is 4.75. The lowest BCUT2D eigenvalue weighted by molar-refractivity contribution is 0.118. The first-order valence-electron chi connectivity index (χ1n) is 7.60. The van der Waals surface area contributed by atoms with Crippen LogP contribution >= 0.6 is 11.3 Å². The molecule has 3 rings (SSSR count). The zero-order valence-corrected chi connectivity index (χ0v) is 13.5. The summed E-state index contributed by atoms with van der Waals surface area (Å²) in [5.41, 5.74) is 3.21. The van der Waals surface area contributed by atoms with E-state index in [1.165, 1.54) is 12.0 Å². The van der Waals surface area contributed by atoms with E-state index in [4.69, 9.17) is 0 Å². The number of amides is 2. The van der Waals surface area contributed by atoms with Gasteiger partial charge in [0.15, 0.2) is 0 Å². The van der Waals surface area contributed by atoms with Gasteiger partial charge in [0.1, 0.15) is 0 Å². The van der Waals surface area contributed by atoms with Crippen LogP contribution in [-0.4, -0.2) is 30.6 Å². The van der Waals surface area contributed by atoms with Crippen molar-refractivity contribution in [1.82, 2.24) is 10.2 Å². The summed E-state index contributed by atoms with van der Waals surface area (Å²) < 4.78 is 0. The lowest BCUT2D eigenvalue weighted by Gasteiger charge is -2.38. The first-order chi connectivity index (χ1) is 10.7. The van der Waals surface area contributed by atoms with E-state index in [1.807, 2.05) is 31.2 Å². The molecular formula is C17H21N3OS. The van der Waals surface area contributed by atoms with Crippen LogP contribution in [0.3, 0.4) is 0 Å². The third kappa shape index (κ3) is 3.48. The number of thiophene rings is 1. The zero-order chi connectivity index (χ0) is 15.4. The van der Waals surface area contributed by atoms with Gasteiger partial charge < -0.3 is 10.6 Å². The number of hydrogen-bond donors (Lipinski definition) is 2. The van der Waals surface area contributed by atoms with Crippen molar-refractivity contribution < 1.29 is 4.79 Å². The fourth-order valence-corrected chi connectivity index (χ4v) is 3.35. The molecule has 22 heavy (non-hydrogen) atoms. The van der Waals surface area contributed by atoms with Crippen LogP contribution in [-0.2, 0) is 0 Å². The molecule has 2 aromatic rings. The van der Waals surface area contributed by atoms with Crippen molar-refractivity contribution in [3.63, 3.8) is 0 Å². The maximum absolute atomic E-state index is 12.1. The molecule has 1 aliphatic heterocycles. The highest BCUT2D eigenvalue weighted by molar-refractivity contribution is 7.07. The summed E-state index contributed by atoms with van der Waals surface area (Å²) in [7, 11) is 0. The summed E-state index contributed by atoms with van der Waals surface area (Å²) in [6.45, 7) is 4.85. The van der Waals surface area contributed by atoms with Crippen molar-refractivity contribution in [2.24, 2.45) is 0 Å². The van der Waals surface area contributed by atoms with Crippen LogP contribution in [0.5, 0.6) is 0 Å². The molecule has 4 nitrogen and oxygen atoms in total. The van der Waals surface area contributed by atoms with Gasteiger partial charge in [-0.15, -0.1) is 0 Å². The number of aryl methyl sites for hydroxylation is 1. The second-order valence-electron chi connectivity index (χ2n) is 5.61. The molecule has 116 valence electrons. The third-order valence-corrected chi connectivity index (χ3v) is 4.81. The van der Waals surface area contributed by atoms with Crippen LogP contribution in [0.4, 0.5) is 10.5 Å². The second kappa shape index (κ2) is 6.94. The maximum Gasteiger partial charge on any atom is 0.319 e. The maximum atomic E-state index is 12.1. The third-order valence-electron chi connectivity index (χ3n) is 4.11. The minimum atomic E-state index is -0.143. The van der Waals surface area contributed by atoms with E-state index >= 15 is 0 Å². The minimum absolute atomic E-state index is 0.143. The zero-order valence-electron chi connectivity index (χ0n) is 12.7. The van der Waals surface area contributed by atoms with E-state index in [0.717, 1.165) is 24.3 Å². The number of likely N-dealkylation sites (tertiary alicyclic amines) is 1. The van der Waals surface area contributed by atoms with E-state index < -0.39 is 0 Å². The van der Waals surface area contributed by atoms with E-state index in [-0.39, 0.29) is 12.1 Å². The van der Waals surface area contributed by atoms with Crippen LogP contribution in [0.15, 0.2) is 41.1 Å². The first-order valence-corrected chi connectivity index (χ1v) is 8.55. The molecule has 0 bridgehead atoms. The Hall–Kier alpha value is -1.85. The smallest absolute Gasteiger partial charge is 0.319 e. The SMILES string of the molecule is Cc1ccccc1NC(=O)NC[C@H](c1ccsc1)N1CCC1. The van der Waals surface area contributed by atoms with E-state index in [9.17, 15) is 4.79 Å². The van der Waals surface area contributed by atoms with Gasteiger partial charge in [-0.3, -0.25) is 4.90 Å². The average Bonchev–Trinajstić information content (AvgIpc) is 2.97. The fraction of sp³-hybridized carbons (Fsp3) is 0.353. The van der Waals surface area contributed by atoms with Gasteiger partial charge in [-0.2, -0.15) is 11.3 Å². The van der Waals surface area contributed by atoms with Crippen molar-refractivity contribution in [2.45, 2.75) is 19.4 Å². The van der Waals surface area contributed by atoms with Crippen LogP contribution < -0.4 is 10.6 Å². The van der Waals surface area contributed by atoms with Gasteiger partial charge in [-0.25, -0.2) is 4.79 Å². The van der Waals surface area contributed by atoms with Gasteiger partial charge >= 0.3 is 6.03 Å². The van der Waals surface area contributed by atoms with Crippen LogP contribution in [0, 0.1) is 6.92 Å². The van der Waals surface area contributed by atoms with Crippen LogP contribution in [0.1, 0.15) is 23.6 Å². The summed E-state index contributed by atoms with van der Waals surface area (Å²) in [6, 6.07) is 10.1. The van der Waals surface area contributed by atoms with Crippen molar-refractivity contribution in [2.75, 3.05) is 25.0 Å². The second-order valence-corrected chi connectivity index (χ2v) is 6.39. The Balaban J connectivity index is 1.58. The molecule has 0 saturated carbocycles. The quantitative estimate of drug-likeness (QED) is 0.885. The molecule has 2 amide bonds. The molecule has 1 aromatic heterocycles. The lowest BCUT2D eigenvalue weighted by atomic mass is 10.0. The number of rotatable bonds is 5. The molecule has 5 heteroatoms. The standard InChI is InChI=1S/C17H21N3OS/c1-13-5-2-3-6-15(13)19-17(21)18-11-16(20-8-4-9-20)14-7-10-22-12-14/h2-3,5-7,10,12,16H,4,8-9,11H2,1H3,(H2,18,19,21)/t16-/m1/s1. The van der Waals surface area contributed by atoms with Gasteiger partial charge in [0.25, 0.3) is 0 Å². The van der Waals surface area contributed by atoms with Gasteiger partial charge in [-0.05, 0) is 47.4 Å². The summed E-state index contributed by atoms with van der Waals surface area (Å²) in [4.78, 5) is 14.5. The summed E-state index contributed by atoms with van der Waals surface area (Å²) >= 11 is 1.70. The van der Waals surface area contributed by atoms with Crippen LogP contribution in [0.2, 0.25) is 0 Å². The Morgan fingerprint density at radius 2 is 2.14 bits per heavy atom. The predicted molar refractivity (Wildman–Crippen MR) is 91.5 cm³/mol. The van der Waals surface area contributed by atoms with E-state index in [1.54, 1.807) is 11.3 Å². The van der Waals surface area contributed by atoms with Gasteiger partial charge in [0.05, 0.1) is 6.04 Å². The van der Waals surface area contributed by atoms with E-state index in [0.29, 0.717) is 6.54 Å². The highest BCUT2D eigenvalue weighted by atomic mass is 32.1. The molecule has 1 aromatic carbocycles. The molecule has 1 aliphatic rings. The number of hydrogen-bond acceptors (Lipinski definition) is 3. The number of carbonyl (C=O) groups excluding carboxylic acids is 1. The van der Waals surface area contributed by atoms with Crippen molar-refractivity contribution in [1.29, 1.82) is 0 Å². The van der Waals surface area contributed by atoms with Gasteiger partial charge in [0, 0.05) is 25.3 Å². The predicted octanol–water partition coefficient (Wildman–Crippen LogP) is 3.63. The molecular weight excluding hydrogens is 294 g/mol. The first kappa shape index (κ1) is 15.1. The van der Waals surface area contributed by atoms with Crippen molar-refractivity contribution in [3.05, 3.63) is 52.2 Å². The highest BCUT2D eigenvalue weighted by Gasteiger charge is 2.25. The topological polar surface area (TPSA) is 44.4 Å². The molecule has 0 aliphatic carbocycles. The largest absolute Gasteiger partial charge is 0.336 e. The molecule has 2 heterocycles. The summed E-state index contributed by atoms with van der Waals surface area (Å²) in [6.07, 6.45) is 1.25. The minimum Gasteiger partial charge on any atom is -0.336 e. The Morgan fingerprint density at radius 1 is 1.32 bits per heavy atom. The van der Waals surface area contributed by atoms with Gasteiger partial charge in [0.2, 0.25) is 0 Å². The number of benzene rings is 1. The molecule has 1 atom stereocenters. The van der Waals surface area contributed by atoms with E-state index in [2.05, 4.69) is 32.4 Å². The normalized spacial score (nSPS) is 15.9. The molecule has 1 fully saturated rings. The highest BCUT2D eigenvalue weighted by Crippen LogP contribution is 2.26. The van der Waals surface area contributed by atoms with Crippen molar-refractivity contribution in [3.8, 4) is 0 Å². The molecule has 2 N–H and O–H groups in total. The Labute approximate surface area is 135 Å². The molecule has 0 unspecified atom stereocenters. The Morgan fingerprint density at radius 3 is 2.77 bits per heavy atom. The van der Waals surface area contributed by atoms with Crippen molar-refractivity contribution >= 4 is 23.1 Å². The number of anilines is 1. The lowest BCUT2D eigenvalue weighted by Crippen LogP contribution is -2.45. The number of nitrogens with one attached hydrogen (secondary N) is 2. The fourth-order valence-electron chi connectivity index (χ4n) is 2.64.